The number of phenolic OH excluding ortho intramolecular Hbond substituents is 1. The second-order valence-electron chi connectivity index (χ2n) is 29.7. The van der Waals surface area contributed by atoms with E-state index >= 15 is 0 Å². The van der Waals surface area contributed by atoms with E-state index in [1.807, 2.05) is 0 Å². The molecule has 0 spiro atoms. The van der Waals surface area contributed by atoms with Gasteiger partial charge in [0.15, 0.2) is 5.96 Å². The zero-order chi connectivity index (χ0) is 93.9. The van der Waals surface area contributed by atoms with Crippen molar-refractivity contribution in [3.05, 3.63) is 65.9 Å². The highest BCUT2D eigenvalue weighted by Crippen LogP contribution is 2.21. The number of aliphatic carboxylic acids is 2. The van der Waals surface area contributed by atoms with Crippen molar-refractivity contribution in [2.45, 2.75) is 198 Å². The van der Waals surface area contributed by atoms with Gasteiger partial charge in [0, 0.05) is 36.5 Å². The van der Waals surface area contributed by atoms with Gasteiger partial charge in [0.2, 0.25) is 100 Å². The number of guanidine groups is 1. The van der Waals surface area contributed by atoms with Crippen LogP contribution in [0.15, 0.2) is 54.7 Å². The van der Waals surface area contributed by atoms with Crippen LogP contribution in [0, 0.1) is 23.2 Å². The summed E-state index contributed by atoms with van der Waals surface area (Å²) in [4.78, 5) is 258. The number of aromatic amines is 1. The van der Waals surface area contributed by atoms with Crippen molar-refractivity contribution in [3.63, 3.8) is 0 Å². The van der Waals surface area contributed by atoms with Crippen LogP contribution in [0.4, 0.5) is 0 Å². The SMILES string of the molecule is CC[C@H](C)[C@H](NC(=O)CN)C(=O)N[C@@H](CO)C(=O)N[C@@H](Cc1c[nH]c2ccccc12)C(=O)N[C@@H](CC(N)=O)C(=O)N[C@@H](CO)C(=O)NCC(=O)N[C@@H](CCCNC(=N)N)C(=O)N[C@H](C(=O)NCC(=O)N[C@@H](Cc1ccc(O)cc1)C(=O)N[C@@H](C)C(=O)N[C@@H](CC(=O)O)C(=O)N[C@@H](CO)C(=O)N[C@H](C(=O)N[C@@H](CCCCN)C(=O)NCC(=O)O)C(C)C)[C@@H](C)CC. The zero-order valence-corrected chi connectivity index (χ0v) is 70.3. The molecule has 0 saturated carbocycles. The lowest BCUT2D eigenvalue weighted by molar-refractivity contribution is -0.142. The van der Waals surface area contributed by atoms with E-state index in [0.29, 0.717) is 41.3 Å². The molecule has 0 saturated heterocycles. The smallest absolute Gasteiger partial charge is 0.322 e. The van der Waals surface area contributed by atoms with Gasteiger partial charge in [0.1, 0.15) is 90.8 Å². The summed E-state index contributed by atoms with van der Waals surface area (Å²) in [5, 5.41) is 108. The number of fused-ring (bicyclic) bond motifs is 1. The first-order chi connectivity index (χ1) is 59.0. The Balaban J connectivity index is 1.80. The predicted octanol–water partition coefficient (Wildman–Crippen LogP) is -10.2. The molecule has 2 aromatic carbocycles. The summed E-state index contributed by atoms with van der Waals surface area (Å²) in [6, 6.07) is -9.49. The van der Waals surface area contributed by atoms with Crippen LogP contribution in [-0.2, 0) is 104 Å². The molecular weight excluding hydrogens is 1650 g/mol. The van der Waals surface area contributed by atoms with Gasteiger partial charge in [-0.2, -0.15) is 0 Å². The van der Waals surface area contributed by atoms with Gasteiger partial charge in [-0.05, 0) is 92.7 Å². The molecule has 0 aliphatic heterocycles. The molecule has 0 aliphatic rings. The molecule has 0 bridgehead atoms. The van der Waals surface area contributed by atoms with Crippen LogP contribution in [0.1, 0.15) is 117 Å². The number of carboxylic acid groups (broad SMARTS) is 2. The minimum atomic E-state index is -2.03. The van der Waals surface area contributed by atoms with E-state index in [4.69, 9.17) is 33.5 Å². The van der Waals surface area contributed by atoms with Crippen LogP contribution >= 0.6 is 0 Å². The quantitative estimate of drug-likeness (QED) is 0.0142. The standard InChI is InChI=1S/C77H119N23O25/c1-8-38(5)62(74(123)86-32-58(108)90-48(25-41-19-21-43(104)22-20-41)68(117)88-40(7)64(113)92-51(28-59(109)110)71(120)96-54(36-103)73(122)99-61(37(3)4)75(124)91-46(17-12-13-23-78)65(114)87-33-60(111)112)100-67(116)47(18-14-24-83-77(81)82)89-57(107)31-85-66(115)52(34-101)95-70(119)50(27-55(80)105)94-69(118)49(26-42-30-84-45-16-11-10-15-44(42)45)93-72(121)53(35-102)97-76(125)63(39(6)9-2)98-56(106)29-79/h10-11,15-16,19-22,30,37-40,46-54,61-63,84,101-104H,8-9,12-14,17-18,23-29,31-36,78-79H2,1-7H3,(H2,80,105)(H,85,115)(H,86,123)(H,87,114)(H,88,117)(H,89,107)(H,90,108)(H,91,124)(H,92,113)(H,93,121)(H,94,118)(H,95,119)(H,96,120)(H,97,125)(H,98,106)(H,99,122)(H,100,116)(H,109,110)(H,111,112)(H4,81,82,83)/t38-,39-,40-,46-,47-,48-,49-,50-,51-,52-,53-,54-,61-,62-,63-/m0/s1. The average Bonchev–Trinajstić information content (AvgIpc) is 1.71. The average molecular weight is 1770 g/mol. The number of carboxylic acids is 2. The minimum Gasteiger partial charge on any atom is -0.508 e. The van der Waals surface area contributed by atoms with Crippen LogP contribution in [0.3, 0.4) is 0 Å². The van der Waals surface area contributed by atoms with Gasteiger partial charge >= 0.3 is 11.9 Å². The van der Waals surface area contributed by atoms with Crippen molar-refractivity contribution in [1.82, 2.24) is 95.4 Å². The number of amides is 17. The van der Waals surface area contributed by atoms with E-state index in [0.717, 1.165) is 6.92 Å². The fourth-order valence-corrected chi connectivity index (χ4v) is 12.1. The Hall–Kier alpha value is -13.2. The van der Waals surface area contributed by atoms with Gasteiger partial charge in [0.05, 0.1) is 52.3 Å². The number of H-pyrrole nitrogens is 1. The lowest BCUT2D eigenvalue weighted by Gasteiger charge is -2.27. The number of rotatable bonds is 57. The Morgan fingerprint density at radius 1 is 0.416 bits per heavy atom. The maximum Gasteiger partial charge on any atom is 0.322 e. The number of benzene rings is 2. The number of primary amides is 1. The van der Waals surface area contributed by atoms with Gasteiger partial charge < -0.3 is 149 Å². The van der Waals surface area contributed by atoms with Crippen molar-refractivity contribution in [1.29, 1.82) is 5.41 Å². The number of hydrogen-bond donors (Lipinski definition) is 29. The van der Waals surface area contributed by atoms with Crippen LogP contribution in [0.5, 0.6) is 5.75 Å². The molecule has 0 unspecified atom stereocenters. The summed E-state index contributed by atoms with van der Waals surface area (Å²) in [7, 11) is 0. The molecule has 3 aromatic rings. The van der Waals surface area contributed by atoms with E-state index in [1.165, 1.54) is 44.3 Å². The van der Waals surface area contributed by atoms with Gasteiger partial charge in [-0.15, -0.1) is 0 Å². The number of aromatic hydroxyl groups is 1. The monoisotopic (exact) mass is 1770 g/mol. The third kappa shape index (κ3) is 37.2. The lowest BCUT2D eigenvalue weighted by Crippen LogP contribution is -2.61. The molecule has 0 radical (unpaired) electrons. The molecule has 48 nitrogen and oxygen atoms in total. The number of carbonyl (C=O) groups excluding carboxylic acids is 17. The number of phenols is 1. The van der Waals surface area contributed by atoms with E-state index in [1.54, 1.807) is 52.0 Å². The van der Waals surface area contributed by atoms with E-state index in [-0.39, 0.29) is 57.4 Å². The summed E-state index contributed by atoms with van der Waals surface area (Å²) in [6.45, 7) is 4.34. The maximum atomic E-state index is 14.4. The third-order valence-corrected chi connectivity index (χ3v) is 19.5. The fraction of sp³-hybridized carbons (Fsp3) is 0.558. The van der Waals surface area contributed by atoms with Crippen LogP contribution < -0.4 is 113 Å². The van der Waals surface area contributed by atoms with Crippen LogP contribution in [0.25, 0.3) is 10.9 Å². The van der Waals surface area contributed by atoms with Crippen molar-refractivity contribution in [2.75, 3.05) is 59.1 Å². The Morgan fingerprint density at radius 2 is 0.848 bits per heavy atom. The van der Waals surface area contributed by atoms with Gasteiger partial charge in [-0.25, -0.2) is 0 Å². The maximum absolute atomic E-state index is 14.4. The third-order valence-electron chi connectivity index (χ3n) is 19.5. The Kier molecular flexibility index (Phi) is 46.0. The van der Waals surface area contributed by atoms with Gasteiger partial charge in [0.25, 0.3) is 0 Å². The molecule has 1 aromatic heterocycles. The highest BCUT2D eigenvalue weighted by Gasteiger charge is 2.39. The molecule has 125 heavy (non-hydrogen) atoms. The number of nitrogens with two attached hydrogens (primary N) is 4. The number of unbranched alkanes of at least 4 members (excludes halogenated alkanes) is 1. The van der Waals surface area contributed by atoms with Crippen molar-refractivity contribution >= 4 is 129 Å². The topological polar surface area (TPSA) is 794 Å². The Morgan fingerprint density at radius 3 is 1.39 bits per heavy atom. The summed E-state index contributed by atoms with van der Waals surface area (Å²) in [6.07, 6.45) is -0.180. The van der Waals surface area contributed by atoms with Crippen LogP contribution in [0.2, 0.25) is 0 Å². The molecule has 692 valence electrons. The minimum absolute atomic E-state index is 0.00927. The first-order valence-corrected chi connectivity index (χ1v) is 40.2. The normalized spacial score (nSPS) is 14.6. The second kappa shape index (κ2) is 54.3. The Labute approximate surface area is 718 Å². The number of para-hydroxylation sites is 1. The second-order valence-corrected chi connectivity index (χ2v) is 29.7. The molecule has 3 rings (SSSR count). The van der Waals surface area contributed by atoms with Gasteiger partial charge in [-0.1, -0.05) is 84.7 Å². The molecule has 33 N–H and O–H groups in total. The van der Waals surface area contributed by atoms with Crippen molar-refractivity contribution in [2.24, 2.45) is 40.7 Å². The summed E-state index contributed by atoms with van der Waals surface area (Å²) < 4.78 is 0. The first-order valence-electron chi connectivity index (χ1n) is 40.2. The number of hydrogen-bond acceptors (Lipinski definition) is 26. The number of aliphatic hydroxyl groups excluding tert-OH is 3. The molecule has 15 atom stereocenters. The highest BCUT2D eigenvalue weighted by molar-refractivity contribution is 6.02. The molecule has 1 heterocycles. The number of aromatic nitrogens is 1. The summed E-state index contributed by atoms with van der Waals surface area (Å²) in [5.41, 5.74) is 23.3. The molecular formula is C77H119N23O25. The van der Waals surface area contributed by atoms with Crippen molar-refractivity contribution < 1.29 is 122 Å². The van der Waals surface area contributed by atoms with E-state index in [2.05, 4.69) is 95.4 Å². The molecule has 0 fully saturated rings. The van der Waals surface area contributed by atoms with E-state index in [9.17, 15) is 117 Å². The van der Waals surface area contributed by atoms with Crippen molar-refractivity contribution in [3.8, 4) is 5.75 Å². The molecule has 0 aliphatic carbocycles. The van der Waals surface area contributed by atoms with E-state index < -0.39 is 273 Å². The largest absolute Gasteiger partial charge is 0.508 e. The highest BCUT2D eigenvalue weighted by atomic mass is 16.4. The van der Waals surface area contributed by atoms with Gasteiger partial charge in [-0.3, -0.25) is 96.5 Å². The number of aliphatic hydroxyl groups is 3. The number of nitrogens with one attached hydrogen (secondary N) is 19. The summed E-state index contributed by atoms with van der Waals surface area (Å²) in [5.74, 6) is -24.0. The first kappa shape index (κ1) is 106. The van der Waals surface area contributed by atoms with Crippen LogP contribution in [-0.4, -0.2) is 292 Å². The summed E-state index contributed by atoms with van der Waals surface area (Å²) >= 11 is 0. The number of carbonyl (C=O) groups is 19. The molecule has 17 amide bonds. The zero-order valence-electron chi connectivity index (χ0n) is 70.3. The molecule has 48 heteroatoms. The lowest BCUT2D eigenvalue weighted by atomic mass is 9.97. The fourth-order valence-electron chi connectivity index (χ4n) is 12.1. The Bertz CT molecular complexity index is 4250. The predicted molar refractivity (Wildman–Crippen MR) is 443 cm³/mol.